The van der Waals surface area contributed by atoms with Crippen molar-refractivity contribution >= 4 is 27.5 Å². The number of H-pyrrole nitrogens is 1. The first kappa shape index (κ1) is 51.9. The number of halogens is 1. The van der Waals surface area contributed by atoms with Crippen LogP contribution < -0.4 is 0 Å². The number of fused-ring (bicyclic) bond motifs is 11. The highest BCUT2D eigenvalue weighted by molar-refractivity contribution is 9.09. The Morgan fingerprint density at radius 3 is 1.53 bits per heavy atom. The third-order valence-electron chi connectivity index (χ3n) is 21.5. The molecule has 10 nitrogen and oxygen atoms in total. The first-order valence-electron chi connectivity index (χ1n) is 26.1. The number of ketones is 2. The van der Waals surface area contributed by atoms with Gasteiger partial charge in [0.05, 0.1) is 39.8 Å². The number of aromatic amines is 1. The van der Waals surface area contributed by atoms with Crippen LogP contribution in [0.15, 0.2) is 6.20 Å². The minimum Gasteiger partial charge on any atom is -0.390 e. The van der Waals surface area contributed by atoms with Gasteiger partial charge in [0.1, 0.15) is 12.3 Å². The van der Waals surface area contributed by atoms with Crippen molar-refractivity contribution in [1.82, 2.24) is 30.4 Å². The van der Waals surface area contributed by atoms with Crippen molar-refractivity contribution in [2.75, 3.05) is 5.33 Å². The fourth-order valence-electron chi connectivity index (χ4n) is 18.0. The zero-order valence-electron chi connectivity index (χ0n) is 40.6. The summed E-state index contributed by atoms with van der Waals surface area (Å²) in [5, 5.41) is 41.1. The number of nitrogens with one attached hydrogen (secondary N) is 1. The lowest BCUT2D eigenvalue weighted by atomic mass is 9.44. The van der Waals surface area contributed by atoms with E-state index in [0.29, 0.717) is 52.0 Å². The summed E-state index contributed by atoms with van der Waals surface area (Å²) in [5.74, 6) is 7.18. The predicted octanol–water partition coefficient (Wildman–Crippen LogP) is 11.9. The summed E-state index contributed by atoms with van der Waals surface area (Å²) < 4.78 is 0. The zero-order chi connectivity index (χ0) is 45.5. The first-order chi connectivity index (χ1) is 30.3. The van der Waals surface area contributed by atoms with Crippen LogP contribution in [0.25, 0.3) is 0 Å². The molecule has 0 spiro atoms. The highest BCUT2D eigenvalue weighted by Gasteiger charge is 2.63. The van der Waals surface area contributed by atoms with Crippen LogP contribution in [-0.2, 0) is 29.0 Å². The Morgan fingerprint density at radius 1 is 0.636 bits per heavy atom. The molecule has 2 aromatic heterocycles. The molecule has 0 bridgehead atoms. The van der Waals surface area contributed by atoms with Crippen molar-refractivity contribution < 1.29 is 19.8 Å². The number of carbonyl (C=O) groups is 2. The third kappa shape index (κ3) is 9.25. The van der Waals surface area contributed by atoms with E-state index in [0.717, 1.165) is 86.7 Å². The van der Waals surface area contributed by atoms with Crippen molar-refractivity contribution in [3.05, 3.63) is 23.3 Å². The monoisotopic (exact) mass is 979 g/mol. The van der Waals surface area contributed by atoms with Gasteiger partial charge in [-0.1, -0.05) is 58.5 Å². The Bertz CT molecular complexity index is 1990. The number of Topliss-reactive ketones (excluding diaryl/α,β-unsaturated/α-hetero) is 2. The maximum atomic E-state index is 13.3. The standard InChI is InChI=1S/C25H39N3O2.C22H35BrO2.C6H9N3.2CH4/c1-16-14-26-28(27-16)15-22(29)21-8-7-19-18-6-5-17-13-23(2,30)11-12-24(17,3)20(18)9-10-25(19,21)4;1-20(25)10-11-21(2)14(12-20)4-5-15-16-6-7-18(19(24)13-23)22(16,3)9-8-17(15)21;1-2-4-6-5(3-1)7-9-8-6;;/h14,17-21,30H,5-13,15H2,1-4H3;14-18,25H,4-13H2,1-3H3;1-4H2,(H,7,8,9);2*1H4/t17-,18+,19+,20+,21-,23-,24+,25+;14-,15+,16+,17+,18-,20-,21+,22+;;;/m11.../s1. The topological polar surface area (TPSA) is 147 Å². The van der Waals surface area contributed by atoms with E-state index in [1.807, 2.05) is 20.8 Å². The van der Waals surface area contributed by atoms with Crippen molar-refractivity contribution in [3.63, 3.8) is 0 Å². The Balaban J connectivity index is 0.000000162. The second kappa shape index (κ2) is 19.3. The molecule has 2 heterocycles. The number of carbonyl (C=O) groups excluding carboxylic acids is 2. The van der Waals surface area contributed by atoms with Gasteiger partial charge in [0.25, 0.3) is 0 Å². The summed E-state index contributed by atoms with van der Waals surface area (Å²) in [4.78, 5) is 27.4. The molecule has 8 fully saturated rings. The molecule has 0 amide bonds. The molecule has 2 aromatic rings. The van der Waals surface area contributed by atoms with Crippen LogP contribution in [0.5, 0.6) is 0 Å². The summed E-state index contributed by atoms with van der Waals surface area (Å²) >= 11 is 3.43. The molecule has 11 heteroatoms. The first-order valence-corrected chi connectivity index (χ1v) is 27.2. The van der Waals surface area contributed by atoms with Gasteiger partial charge in [0, 0.05) is 11.8 Å². The van der Waals surface area contributed by atoms with Crippen molar-refractivity contribution in [2.45, 2.75) is 222 Å². The van der Waals surface area contributed by atoms with E-state index in [4.69, 9.17) is 0 Å². The number of aliphatic hydroxyl groups is 2. The Hall–Kier alpha value is -1.98. The van der Waals surface area contributed by atoms with Crippen LogP contribution >= 0.6 is 15.9 Å². The number of alkyl halides is 1. The molecule has 0 radical (unpaired) electrons. The summed E-state index contributed by atoms with van der Waals surface area (Å²) in [5.41, 5.74) is 3.51. The quantitative estimate of drug-likeness (QED) is 0.251. The van der Waals surface area contributed by atoms with Gasteiger partial charge in [0.2, 0.25) is 0 Å². The Morgan fingerprint density at radius 2 is 1.09 bits per heavy atom. The third-order valence-corrected chi connectivity index (χ3v) is 22.1. The largest absolute Gasteiger partial charge is 0.390 e. The number of hydrogen-bond donors (Lipinski definition) is 3. The molecule has 16 atom stereocenters. The maximum Gasteiger partial charge on any atom is 0.159 e. The molecule has 0 aromatic carbocycles. The van der Waals surface area contributed by atoms with Crippen molar-refractivity contribution in [3.8, 4) is 0 Å². The summed E-state index contributed by atoms with van der Waals surface area (Å²) in [6.07, 6.45) is 27.6. The van der Waals surface area contributed by atoms with Crippen molar-refractivity contribution in [2.24, 2.45) is 80.8 Å². The van der Waals surface area contributed by atoms with Gasteiger partial charge in [-0.05, 0) is 231 Å². The maximum absolute atomic E-state index is 13.3. The van der Waals surface area contributed by atoms with Gasteiger partial charge in [-0.15, -0.1) is 0 Å². The fraction of sp³-hybridized carbons (Fsp3) is 0.891. The van der Waals surface area contributed by atoms with Crippen LogP contribution in [0, 0.1) is 87.8 Å². The second-order valence-corrected chi connectivity index (χ2v) is 25.6. The molecule has 8 saturated carbocycles. The molecule has 372 valence electrons. The molecule has 9 aliphatic rings. The Labute approximate surface area is 407 Å². The normalized spacial score (nSPS) is 45.1. The van der Waals surface area contributed by atoms with E-state index < -0.39 is 11.2 Å². The highest BCUT2D eigenvalue weighted by Crippen LogP contribution is 2.70. The van der Waals surface area contributed by atoms with Crippen LogP contribution in [0.2, 0.25) is 0 Å². The number of aromatic nitrogens is 6. The summed E-state index contributed by atoms with van der Waals surface area (Å²) in [6, 6.07) is 0. The SMILES string of the molecule is C.C.C1CCc2n[nH]nc2C1.C[C@@]1(O)CC[C@@]2(C)[C@H](CC[C@@H]3[C@@H]2CC[C@]2(C)[C@@H](C(=O)CBr)CC[C@@H]32)C1.Cc1cnn(CC(=O)[C@H]2CC[C@H]3[C@@H]4CC[C@@H]5C[C@](C)(O)CC[C@]5(C)[C@H]4CC[C@]23C)n1. The second-order valence-electron chi connectivity index (χ2n) is 25.1. The molecule has 9 aliphatic carbocycles. The van der Waals surface area contributed by atoms with E-state index in [-0.39, 0.29) is 37.5 Å². The smallest absolute Gasteiger partial charge is 0.159 e. The lowest BCUT2D eigenvalue weighted by Crippen LogP contribution is -2.55. The Kier molecular flexibility index (Phi) is 15.2. The van der Waals surface area contributed by atoms with E-state index in [2.05, 4.69) is 69.2 Å². The van der Waals surface area contributed by atoms with Crippen LogP contribution in [-0.4, -0.2) is 68.7 Å². The summed E-state index contributed by atoms with van der Waals surface area (Å²) in [6.45, 7) is 16.3. The fourth-order valence-corrected chi connectivity index (χ4v) is 18.4. The molecular formula is C55H91BrN6O4. The van der Waals surface area contributed by atoms with E-state index in [1.54, 1.807) is 11.0 Å². The molecule has 11 rings (SSSR count). The minimum absolute atomic E-state index is 0. The predicted molar refractivity (Wildman–Crippen MR) is 267 cm³/mol. The van der Waals surface area contributed by atoms with Gasteiger partial charge in [-0.3, -0.25) is 9.59 Å². The van der Waals surface area contributed by atoms with Gasteiger partial charge < -0.3 is 10.2 Å². The zero-order valence-corrected chi connectivity index (χ0v) is 42.2. The van der Waals surface area contributed by atoms with Crippen LogP contribution in [0.3, 0.4) is 0 Å². The molecule has 66 heavy (non-hydrogen) atoms. The molecular weight excluding hydrogens is 889 g/mol. The van der Waals surface area contributed by atoms with Gasteiger partial charge >= 0.3 is 0 Å². The van der Waals surface area contributed by atoms with Gasteiger partial charge in [0.15, 0.2) is 5.78 Å². The van der Waals surface area contributed by atoms with Gasteiger partial charge in [-0.25, -0.2) is 0 Å². The van der Waals surface area contributed by atoms with Crippen LogP contribution in [0.1, 0.15) is 202 Å². The lowest BCUT2D eigenvalue weighted by molar-refractivity contribution is -0.151. The van der Waals surface area contributed by atoms with E-state index in [9.17, 15) is 19.8 Å². The van der Waals surface area contributed by atoms with E-state index >= 15 is 0 Å². The average Bonchev–Trinajstić information content (AvgIpc) is 4.06. The number of rotatable bonds is 5. The summed E-state index contributed by atoms with van der Waals surface area (Å²) in [7, 11) is 0. The number of aryl methyl sites for hydroxylation is 3. The minimum atomic E-state index is -0.468. The van der Waals surface area contributed by atoms with Crippen molar-refractivity contribution in [1.29, 1.82) is 0 Å². The van der Waals surface area contributed by atoms with E-state index in [1.165, 1.54) is 101 Å². The van der Waals surface area contributed by atoms with Gasteiger partial charge in [-0.2, -0.15) is 30.4 Å². The molecule has 0 unspecified atom stereocenters. The number of nitrogens with zero attached hydrogens (tertiary/aromatic N) is 5. The molecule has 0 aliphatic heterocycles. The average molecular weight is 980 g/mol. The lowest BCUT2D eigenvalue weighted by Gasteiger charge is -2.61. The van der Waals surface area contributed by atoms with Crippen LogP contribution in [0.4, 0.5) is 0 Å². The highest BCUT2D eigenvalue weighted by atomic mass is 79.9. The molecule has 0 saturated heterocycles. The molecule has 3 N–H and O–H groups in total. The number of hydrogen-bond acceptors (Lipinski definition) is 8.